The number of aryl methyl sites for hydroxylation is 1. The molecular formula is C17H19BrN2O. The molecule has 0 saturated heterocycles. The van der Waals surface area contributed by atoms with Crippen LogP contribution in [-0.4, -0.2) is 20.0 Å². The topological polar surface area (TPSA) is 32.3 Å². The zero-order valence-electron chi connectivity index (χ0n) is 12.5. The van der Waals surface area contributed by atoms with Gasteiger partial charge in [-0.3, -0.25) is 4.79 Å². The summed E-state index contributed by atoms with van der Waals surface area (Å²) in [5.41, 5.74) is 3.96. The van der Waals surface area contributed by atoms with Gasteiger partial charge >= 0.3 is 0 Å². The lowest BCUT2D eigenvalue weighted by Gasteiger charge is -2.13. The van der Waals surface area contributed by atoms with Gasteiger partial charge in [0.2, 0.25) is 0 Å². The minimum absolute atomic E-state index is 0.0674. The fourth-order valence-electron chi connectivity index (χ4n) is 2.00. The molecule has 0 fully saturated rings. The van der Waals surface area contributed by atoms with Gasteiger partial charge in [-0.2, -0.15) is 0 Å². The standard InChI is InChI=1S/C17H19BrN2O/c1-12-4-9-16(18)15(10-12)17(21)19-11-13-5-7-14(8-6-13)20(2)3/h4-10H,11H2,1-3H3,(H,19,21). The molecule has 0 aliphatic rings. The SMILES string of the molecule is Cc1ccc(Br)c(C(=O)NCc2ccc(N(C)C)cc2)c1. The molecule has 0 aliphatic carbocycles. The van der Waals surface area contributed by atoms with E-state index in [0.717, 1.165) is 21.3 Å². The van der Waals surface area contributed by atoms with Gasteiger partial charge in [-0.15, -0.1) is 0 Å². The summed E-state index contributed by atoms with van der Waals surface area (Å²) in [4.78, 5) is 14.3. The molecule has 4 heteroatoms. The Hall–Kier alpha value is -1.81. The molecular weight excluding hydrogens is 328 g/mol. The molecule has 2 aromatic carbocycles. The molecule has 1 N–H and O–H groups in total. The molecule has 2 rings (SSSR count). The maximum Gasteiger partial charge on any atom is 0.252 e. The summed E-state index contributed by atoms with van der Waals surface area (Å²) in [6.07, 6.45) is 0. The van der Waals surface area contributed by atoms with E-state index in [1.165, 1.54) is 0 Å². The van der Waals surface area contributed by atoms with Crippen molar-refractivity contribution in [2.45, 2.75) is 13.5 Å². The van der Waals surface area contributed by atoms with Crippen LogP contribution in [0.1, 0.15) is 21.5 Å². The summed E-state index contributed by atoms with van der Waals surface area (Å²) in [6, 6.07) is 13.9. The zero-order valence-corrected chi connectivity index (χ0v) is 14.1. The van der Waals surface area contributed by atoms with Crippen LogP contribution in [0.15, 0.2) is 46.9 Å². The van der Waals surface area contributed by atoms with Crippen LogP contribution in [0.25, 0.3) is 0 Å². The predicted molar refractivity (Wildman–Crippen MR) is 90.8 cm³/mol. The highest BCUT2D eigenvalue weighted by Crippen LogP contribution is 2.18. The highest BCUT2D eigenvalue weighted by molar-refractivity contribution is 9.10. The fraction of sp³-hybridized carbons (Fsp3) is 0.235. The van der Waals surface area contributed by atoms with Crippen molar-refractivity contribution in [3.63, 3.8) is 0 Å². The van der Waals surface area contributed by atoms with Crippen molar-refractivity contribution in [3.8, 4) is 0 Å². The third kappa shape index (κ3) is 4.08. The summed E-state index contributed by atoms with van der Waals surface area (Å²) in [5.74, 6) is -0.0674. The van der Waals surface area contributed by atoms with Crippen molar-refractivity contribution in [1.29, 1.82) is 0 Å². The average molecular weight is 347 g/mol. The first-order valence-corrected chi connectivity index (χ1v) is 7.57. The second-order valence-electron chi connectivity index (χ2n) is 5.23. The molecule has 3 nitrogen and oxygen atoms in total. The highest BCUT2D eigenvalue weighted by Gasteiger charge is 2.09. The van der Waals surface area contributed by atoms with Gasteiger partial charge in [0, 0.05) is 30.8 Å². The number of benzene rings is 2. The molecule has 0 atom stereocenters. The van der Waals surface area contributed by atoms with E-state index in [1.54, 1.807) is 0 Å². The van der Waals surface area contributed by atoms with Crippen LogP contribution in [-0.2, 0) is 6.54 Å². The van der Waals surface area contributed by atoms with E-state index >= 15 is 0 Å². The lowest BCUT2D eigenvalue weighted by atomic mass is 10.1. The minimum Gasteiger partial charge on any atom is -0.378 e. The van der Waals surface area contributed by atoms with Gasteiger partial charge in [-0.25, -0.2) is 0 Å². The van der Waals surface area contributed by atoms with E-state index in [1.807, 2.05) is 68.4 Å². The number of hydrogen-bond acceptors (Lipinski definition) is 2. The molecule has 0 saturated carbocycles. The van der Waals surface area contributed by atoms with E-state index in [0.29, 0.717) is 12.1 Å². The Kier molecular flexibility index (Phi) is 5.02. The van der Waals surface area contributed by atoms with Crippen molar-refractivity contribution in [1.82, 2.24) is 5.32 Å². The Morgan fingerprint density at radius 3 is 2.43 bits per heavy atom. The molecule has 0 spiro atoms. The largest absolute Gasteiger partial charge is 0.378 e. The Morgan fingerprint density at radius 1 is 1.14 bits per heavy atom. The molecule has 21 heavy (non-hydrogen) atoms. The second-order valence-corrected chi connectivity index (χ2v) is 6.08. The van der Waals surface area contributed by atoms with E-state index < -0.39 is 0 Å². The third-order valence-electron chi connectivity index (χ3n) is 3.27. The van der Waals surface area contributed by atoms with E-state index in [-0.39, 0.29) is 5.91 Å². The highest BCUT2D eigenvalue weighted by atomic mass is 79.9. The van der Waals surface area contributed by atoms with Crippen LogP contribution in [0, 0.1) is 6.92 Å². The van der Waals surface area contributed by atoms with Gasteiger partial charge in [-0.05, 0) is 52.7 Å². The number of carbonyl (C=O) groups is 1. The number of nitrogens with zero attached hydrogens (tertiary/aromatic N) is 1. The maximum atomic E-state index is 12.2. The van der Waals surface area contributed by atoms with Crippen LogP contribution in [0.5, 0.6) is 0 Å². The molecule has 0 bridgehead atoms. The molecule has 1 amide bonds. The number of amides is 1. The van der Waals surface area contributed by atoms with Gasteiger partial charge in [0.05, 0.1) is 5.56 Å². The normalized spacial score (nSPS) is 10.3. The fourth-order valence-corrected chi connectivity index (χ4v) is 2.43. The molecule has 0 aromatic heterocycles. The first-order chi connectivity index (χ1) is 9.97. The summed E-state index contributed by atoms with van der Waals surface area (Å²) >= 11 is 3.42. The lowest BCUT2D eigenvalue weighted by molar-refractivity contribution is 0.0950. The van der Waals surface area contributed by atoms with Gasteiger partial charge in [0.1, 0.15) is 0 Å². The van der Waals surface area contributed by atoms with E-state index in [4.69, 9.17) is 0 Å². The monoisotopic (exact) mass is 346 g/mol. The molecule has 0 aliphatic heterocycles. The van der Waals surface area contributed by atoms with Crippen LogP contribution in [0.2, 0.25) is 0 Å². The predicted octanol–water partition coefficient (Wildman–Crippen LogP) is 3.75. The maximum absolute atomic E-state index is 12.2. The van der Waals surface area contributed by atoms with E-state index in [9.17, 15) is 4.79 Å². The molecule has 2 aromatic rings. The van der Waals surface area contributed by atoms with Crippen molar-refractivity contribution < 1.29 is 4.79 Å². The van der Waals surface area contributed by atoms with Gasteiger partial charge < -0.3 is 10.2 Å². The molecule has 110 valence electrons. The molecule has 0 heterocycles. The summed E-state index contributed by atoms with van der Waals surface area (Å²) in [7, 11) is 4.01. The van der Waals surface area contributed by atoms with Crippen LogP contribution in [0.4, 0.5) is 5.69 Å². The number of anilines is 1. The molecule has 0 radical (unpaired) electrons. The van der Waals surface area contributed by atoms with Gasteiger partial charge in [0.15, 0.2) is 0 Å². The smallest absolute Gasteiger partial charge is 0.252 e. The number of rotatable bonds is 4. The Balaban J connectivity index is 2.02. The van der Waals surface area contributed by atoms with Crippen molar-refractivity contribution in [2.75, 3.05) is 19.0 Å². The third-order valence-corrected chi connectivity index (χ3v) is 3.96. The van der Waals surface area contributed by atoms with Crippen LogP contribution >= 0.6 is 15.9 Å². The second kappa shape index (κ2) is 6.76. The number of halogens is 1. The summed E-state index contributed by atoms with van der Waals surface area (Å²) in [5, 5.41) is 2.95. The summed E-state index contributed by atoms with van der Waals surface area (Å²) in [6.45, 7) is 2.50. The van der Waals surface area contributed by atoms with Gasteiger partial charge in [0.25, 0.3) is 5.91 Å². The first kappa shape index (κ1) is 15.6. The Labute approximate surface area is 134 Å². The van der Waals surface area contributed by atoms with Crippen molar-refractivity contribution in [3.05, 3.63) is 63.6 Å². The summed E-state index contributed by atoms with van der Waals surface area (Å²) < 4.78 is 0.813. The van der Waals surface area contributed by atoms with Gasteiger partial charge in [-0.1, -0.05) is 23.8 Å². The quantitative estimate of drug-likeness (QED) is 0.914. The average Bonchev–Trinajstić information content (AvgIpc) is 2.47. The number of nitrogens with one attached hydrogen (secondary N) is 1. The van der Waals surface area contributed by atoms with Crippen LogP contribution < -0.4 is 10.2 Å². The number of carbonyl (C=O) groups excluding carboxylic acids is 1. The zero-order chi connectivity index (χ0) is 15.4. The Morgan fingerprint density at radius 2 is 1.81 bits per heavy atom. The van der Waals surface area contributed by atoms with E-state index in [2.05, 4.69) is 21.2 Å². The first-order valence-electron chi connectivity index (χ1n) is 6.78. The molecule has 0 unspecified atom stereocenters. The Bertz CT molecular complexity index is 636. The minimum atomic E-state index is -0.0674. The lowest BCUT2D eigenvalue weighted by Crippen LogP contribution is -2.23. The van der Waals surface area contributed by atoms with Crippen molar-refractivity contribution in [2.24, 2.45) is 0 Å². The van der Waals surface area contributed by atoms with Crippen molar-refractivity contribution >= 4 is 27.5 Å². The number of hydrogen-bond donors (Lipinski definition) is 1. The van der Waals surface area contributed by atoms with Crippen LogP contribution in [0.3, 0.4) is 0 Å².